The van der Waals surface area contributed by atoms with Gasteiger partial charge in [0.15, 0.2) is 6.10 Å². The number of rotatable bonds is 5. The van der Waals surface area contributed by atoms with Crippen molar-refractivity contribution in [3.63, 3.8) is 0 Å². The third kappa shape index (κ3) is 4.38. The van der Waals surface area contributed by atoms with Gasteiger partial charge >= 0.3 is 0 Å². The van der Waals surface area contributed by atoms with Crippen LogP contribution in [0, 0.1) is 0 Å². The lowest BCUT2D eigenvalue weighted by Crippen LogP contribution is -2.35. The van der Waals surface area contributed by atoms with Crippen LogP contribution in [0.25, 0.3) is 0 Å². The Morgan fingerprint density at radius 1 is 1.23 bits per heavy atom. The molecule has 0 radical (unpaired) electrons. The van der Waals surface area contributed by atoms with Gasteiger partial charge in [-0.1, -0.05) is 32.9 Å². The van der Waals surface area contributed by atoms with E-state index in [-0.39, 0.29) is 11.3 Å². The Kier molecular flexibility index (Phi) is 4.91. The van der Waals surface area contributed by atoms with Crippen molar-refractivity contribution in [3.8, 4) is 5.75 Å². The highest BCUT2D eigenvalue weighted by atomic mass is 16.5. The minimum absolute atomic E-state index is 0.102. The molecule has 118 valence electrons. The smallest absolute Gasteiger partial charge is 0.261 e. The highest BCUT2D eigenvalue weighted by Gasteiger charge is 2.16. The molecule has 2 aromatic rings. The predicted molar refractivity (Wildman–Crippen MR) is 85.8 cm³/mol. The zero-order valence-corrected chi connectivity index (χ0v) is 13.6. The molecule has 0 aliphatic carbocycles. The molecule has 0 aliphatic heterocycles. The van der Waals surface area contributed by atoms with Gasteiger partial charge in [-0.15, -0.1) is 0 Å². The summed E-state index contributed by atoms with van der Waals surface area (Å²) < 4.78 is 10.8. The SMILES string of the molecule is C[C@H](Oc1ccc(C(C)(C)C)cc1)C(=O)NCc1ccco1. The van der Waals surface area contributed by atoms with Gasteiger partial charge in [0.05, 0.1) is 12.8 Å². The molecule has 0 saturated heterocycles. The van der Waals surface area contributed by atoms with Gasteiger partial charge in [0.25, 0.3) is 5.91 Å². The molecule has 0 spiro atoms. The largest absolute Gasteiger partial charge is 0.481 e. The fraction of sp³-hybridized carbons (Fsp3) is 0.389. The first kappa shape index (κ1) is 16.1. The van der Waals surface area contributed by atoms with E-state index in [1.165, 1.54) is 5.56 Å². The minimum Gasteiger partial charge on any atom is -0.481 e. The van der Waals surface area contributed by atoms with E-state index in [1.54, 1.807) is 19.3 Å². The zero-order valence-electron chi connectivity index (χ0n) is 13.6. The van der Waals surface area contributed by atoms with Crippen molar-refractivity contribution in [1.82, 2.24) is 5.32 Å². The summed E-state index contributed by atoms with van der Waals surface area (Å²) in [7, 11) is 0. The first-order valence-corrected chi connectivity index (χ1v) is 7.43. The Balaban J connectivity index is 1.88. The average molecular weight is 301 g/mol. The number of hydrogen-bond donors (Lipinski definition) is 1. The molecule has 0 saturated carbocycles. The summed E-state index contributed by atoms with van der Waals surface area (Å²) in [6.07, 6.45) is 1.02. The Bertz CT molecular complexity index is 594. The number of hydrogen-bond acceptors (Lipinski definition) is 3. The Morgan fingerprint density at radius 3 is 2.45 bits per heavy atom. The maximum absolute atomic E-state index is 12.0. The van der Waals surface area contributed by atoms with Crippen LogP contribution < -0.4 is 10.1 Å². The summed E-state index contributed by atoms with van der Waals surface area (Å²) in [5.41, 5.74) is 1.33. The van der Waals surface area contributed by atoms with Crippen LogP contribution in [0.1, 0.15) is 39.0 Å². The Hall–Kier alpha value is -2.23. The van der Waals surface area contributed by atoms with Gasteiger partial charge in [-0.25, -0.2) is 0 Å². The van der Waals surface area contributed by atoms with Crippen LogP contribution in [0.4, 0.5) is 0 Å². The van der Waals surface area contributed by atoms with Gasteiger partial charge in [-0.2, -0.15) is 0 Å². The molecule has 1 aromatic carbocycles. The summed E-state index contributed by atoms with van der Waals surface area (Å²) in [6, 6.07) is 11.5. The van der Waals surface area contributed by atoms with E-state index in [2.05, 4.69) is 26.1 Å². The topological polar surface area (TPSA) is 51.5 Å². The monoisotopic (exact) mass is 301 g/mol. The standard InChI is InChI=1S/C18H23NO3/c1-13(17(20)19-12-16-6-5-11-21-16)22-15-9-7-14(8-10-15)18(2,3)4/h5-11,13H,12H2,1-4H3,(H,19,20)/t13-/m0/s1. The molecule has 1 heterocycles. The van der Waals surface area contributed by atoms with Crippen molar-refractivity contribution in [2.45, 2.75) is 45.8 Å². The summed E-state index contributed by atoms with van der Waals surface area (Å²) in [6.45, 7) is 8.58. The average Bonchev–Trinajstić information content (AvgIpc) is 2.97. The lowest BCUT2D eigenvalue weighted by atomic mass is 9.87. The van der Waals surface area contributed by atoms with Crippen molar-refractivity contribution in [1.29, 1.82) is 0 Å². The quantitative estimate of drug-likeness (QED) is 0.917. The van der Waals surface area contributed by atoms with Crippen LogP contribution in [-0.2, 0) is 16.8 Å². The van der Waals surface area contributed by atoms with E-state index in [9.17, 15) is 4.79 Å². The molecule has 4 heteroatoms. The Morgan fingerprint density at radius 2 is 1.91 bits per heavy atom. The van der Waals surface area contributed by atoms with E-state index in [1.807, 2.05) is 30.3 Å². The van der Waals surface area contributed by atoms with Crippen molar-refractivity contribution in [2.24, 2.45) is 0 Å². The van der Waals surface area contributed by atoms with E-state index < -0.39 is 6.10 Å². The van der Waals surface area contributed by atoms with Gasteiger partial charge < -0.3 is 14.5 Å². The van der Waals surface area contributed by atoms with Crippen molar-refractivity contribution >= 4 is 5.91 Å². The lowest BCUT2D eigenvalue weighted by molar-refractivity contribution is -0.127. The maximum atomic E-state index is 12.0. The number of ether oxygens (including phenoxy) is 1. The second-order valence-electron chi connectivity index (χ2n) is 6.33. The third-order valence-corrected chi connectivity index (χ3v) is 3.42. The van der Waals surface area contributed by atoms with Crippen molar-refractivity contribution in [3.05, 3.63) is 54.0 Å². The molecule has 0 unspecified atom stereocenters. The fourth-order valence-corrected chi connectivity index (χ4v) is 2.02. The van der Waals surface area contributed by atoms with Gasteiger partial charge in [-0.3, -0.25) is 4.79 Å². The highest BCUT2D eigenvalue weighted by Crippen LogP contribution is 2.24. The molecular weight excluding hydrogens is 278 g/mol. The molecule has 1 atom stereocenters. The van der Waals surface area contributed by atoms with Crippen LogP contribution in [0.2, 0.25) is 0 Å². The van der Waals surface area contributed by atoms with Crippen LogP contribution in [0.5, 0.6) is 5.75 Å². The van der Waals surface area contributed by atoms with Crippen molar-refractivity contribution < 1.29 is 13.9 Å². The number of carbonyl (C=O) groups excluding carboxylic acids is 1. The van der Waals surface area contributed by atoms with E-state index >= 15 is 0 Å². The molecule has 0 aliphatic rings. The van der Waals surface area contributed by atoms with Crippen LogP contribution in [0.3, 0.4) is 0 Å². The molecule has 0 fully saturated rings. The maximum Gasteiger partial charge on any atom is 0.261 e. The van der Waals surface area contributed by atoms with Crippen LogP contribution in [0.15, 0.2) is 47.1 Å². The number of amides is 1. The van der Waals surface area contributed by atoms with Crippen molar-refractivity contribution in [2.75, 3.05) is 0 Å². The molecule has 1 amide bonds. The molecule has 2 rings (SSSR count). The predicted octanol–water partition coefficient (Wildman–Crippen LogP) is 3.66. The van der Waals surface area contributed by atoms with Crippen LogP contribution in [-0.4, -0.2) is 12.0 Å². The summed E-state index contributed by atoms with van der Waals surface area (Å²) in [5.74, 6) is 1.24. The molecule has 1 N–H and O–H groups in total. The molecular formula is C18H23NO3. The normalized spacial score (nSPS) is 12.7. The fourth-order valence-electron chi connectivity index (χ4n) is 2.02. The first-order chi connectivity index (χ1) is 10.4. The first-order valence-electron chi connectivity index (χ1n) is 7.43. The second kappa shape index (κ2) is 6.69. The summed E-state index contributed by atoms with van der Waals surface area (Å²) >= 11 is 0. The zero-order chi connectivity index (χ0) is 16.2. The van der Waals surface area contributed by atoms with E-state index in [0.717, 1.165) is 5.76 Å². The lowest BCUT2D eigenvalue weighted by Gasteiger charge is -2.20. The number of benzene rings is 1. The number of nitrogens with one attached hydrogen (secondary N) is 1. The molecule has 1 aromatic heterocycles. The Labute approximate surface area is 131 Å². The van der Waals surface area contributed by atoms with Crippen LogP contribution >= 0.6 is 0 Å². The summed E-state index contributed by atoms with van der Waals surface area (Å²) in [4.78, 5) is 12.0. The molecule has 0 bridgehead atoms. The number of furan rings is 1. The van der Waals surface area contributed by atoms with Gasteiger partial charge in [-0.05, 0) is 42.2 Å². The highest BCUT2D eigenvalue weighted by molar-refractivity contribution is 5.80. The van der Waals surface area contributed by atoms with Gasteiger partial charge in [0, 0.05) is 0 Å². The van der Waals surface area contributed by atoms with E-state index in [0.29, 0.717) is 12.3 Å². The molecule has 4 nitrogen and oxygen atoms in total. The molecule has 22 heavy (non-hydrogen) atoms. The third-order valence-electron chi connectivity index (χ3n) is 3.42. The minimum atomic E-state index is -0.560. The summed E-state index contributed by atoms with van der Waals surface area (Å²) in [5, 5.41) is 2.78. The second-order valence-corrected chi connectivity index (χ2v) is 6.33. The van der Waals surface area contributed by atoms with Gasteiger partial charge in [0.2, 0.25) is 0 Å². The van der Waals surface area contributed by atoms with Gasteiger partial charge in [0.1, 0.15) is 11.5 Å². The van der Waals surface area contributed by atoms with E-state index in [4.69, 9.17) is 9.15 Å². The number of carbonyl (C=O) groups is 1.